The fourth-order valence-electron chi connectivity index (χ4n) is 2.65. The molecule has 28 heavy (non-hydrogen) atoms. The number of rotatable bonds is 6. The van der Waals surface area contributed by atoms with Crippen molar-refractivity contribution in [3.05, 3.63) is 89.4 Å². The molecule has 0 atom stereocenters. The Hall–Kier alpha value is -2.83. The number of halogens is 1. The first-order valence-electron chi connectivity index (χ1n) is 8.57. The van der Waals surface area contributed by atoms with Crippen LogP contribution in [0.3, 0.4) is 0 Å². The summed E-state index contributed by atoms with van der Waals surface area (Å²) in [6, 6.07) is 20.4. The average Bonchev–Trinajstić information content (AvgIpc) is 2.70. The van der Waals surface area contributed by atoms with Crippen LogP contribution < -0.4 is 9.04 Å². The summed E-state index contributed by atoms with van der Waals surface area (Å²) < 4.78 is 32.8. The van der Waals surface area contributed by atoms with Crippen LogP contribution in [0.25, 0.3) is 0 Å². The molecule has 0 N–H and O–H groups in total. The fraction of sp³-hybridized carbons (Fsp3) is 0.0952. The van der Waals surface area contributed by atoms with Gasteiger partial charge in [0.25, 0.3) is 15.9 Å². The molecule has 3 aromatic rings. The predicted molar refractivity (Wildman–Crippen MR) is 110 cm³/mol. The second kappa shape index (κ2) is 8.46. The Morgan fingerprint density at radius 1 is 0.929 bits per heavy atom. The van der Waals surface area contributed by atoms with Crippen molar-refractivity contribution in [2.45, 2.75) is 11.8 Å². The third kappa shape index (κ3) is 4.03. The van der Waals surface area contributed by atoms with Gasteiger partial charge in [-0.3, -0.25) is 4.79 Å². The molecule has 0 spiro atoms. The first-order chi connectivity index (χ1) is 13.4. The molecule has 1 amide bonds. The van der Waals surface area contributed by atoms with Gasteiger partial charge in [0, 0.05) is 0 Å². The van der Waals surface area contributed by atoms with Gasteiger partial charge in [-0.1, -0.05) is 41.9 Å². The van der Waals surface area contributed by atoms with Crippen molar-refractivity contribution in [3.8, 4) is 5.75 Å². The highest BCUT2D eigenvalue weighted by Gasteiger charge is 2.32. The van der Waals surface area contributed by atoms with Crippen molar-refractivity contribution >= 4 is 33.2 Å². The highest BCUT2D eigenvalue weighted by molar-refractivity contribution is 7.93. The summed E-state index contributed by atoms with van der Waals surface area (Å²) in [6.45, 7) is 2.32. The maximum Gasteiger partial charge on any atom is 0.273 e. The van der Waals surface area contributed by atoms with Gasteiger partial charge in [-0.2, -0.15) is 4.31 Å². The molecule has 5 nitrogen and oxygen atoms in total. The van der Waals surface area contributed by atoms with E-state index < -0.39 is 15.9 Å². The number of ether oxygens (including phenoxy) is 1. The van der Waals surface area contributed by atoms with Crippen molar-refractivity contribution in [2.75, 3.05) is 10.9 Å². The van der Waals surface area contributed by atoms with E-state index in [1.54, 1.807) is 48.5 Å². The number of amides is 1. The molecule has 0 heterocycles. The van der Waals surface area contributed by atoms with E-state index in [1.165, 1.54) is 30.3 Å². The van der Waals surface area contributed by atoms with Crippen LogP contribution in [0.4, 0.5) is 5.69 Å². The van der Waals surface area contributed by atoms with Crippen molar-refractivity contribution < 1.29 is 17.9 Å². The van der Waals surface area contributed by atoms with Gasteiger partial charge in [-0.25, -0.2) is 8.42 Å². The Labute approximate surface area is 169 Å². The minimum atomic E-state index is -4.16. The van der Waals surface area contributed by atoms with Crippen LogP contribution in [-0.2, 0) is 10.0 Å². The lowest BCUT2D eigenvalue weighted by Gasteiger charge is -2.23. The third-order valence-corrected chi connectivity index (χ3v) is 6.01. The maximum atomic E-state index is 13.3. The van der Waals surface area contributed by atoms with E-state index in [9.17, 15) is 13.2 Å². The number of anilines is 1. The molecule has 0 aliphatic carbocycles. The molecular formula is C21H18ClNO4S. The van der Waals surface area contributed by atoms with Crippen molar-refractivity contribution in [2.24, 2.45) is 0 Å². The highest BCUT2D eigenvalue weighted by atomic mass is 35.5. The third-order valence-electron chi connectivity index (χ3n) is 3.95. The summed E-state index contributed by atoms with van der Waals surface area (Å²) in [4.78, 5) is 13.2. The number of carbonyl (C=O) groups excluding carboxylic acids is 1. The number of sulfonamides is 1. The summed E-state index contributed by atoms with van der Waals surface area (Å²) >= 11 is 6.15. The second-order valence-corrected chi connectivity index (χ2v) is 7.99. The molecule has 7 heteroatoms. The van der Waals surface area contributed by atoms with Crippen molar-refractivity contribution in [3.63, 3.8) is 0 Å². The van der Waals surface area contributed by atoms with Crippen LogP contribution in [0.2, 0.25) is 5.02 Å². The number of carbonyl (C=O) groups is 1. The molecule has 0 aliphatic heterocycles. The second-order valence-electron chi connectivity index (χ2n) is 5.79. The van der Waals surface area contributed by atoms with E-state index in [-0.39, 0.29) is 21.2 Å². The quantitative estimate of drug-likeness (QED) is 0.581. The minimum Gasteiger partial charge on any atom is -0.494 e. The molecule has 0 fully saturated rings. The van der Waals surface area contributed by atoms with Crippen LogP contribution in [0.5, 0.6) is 5.75 Å². The SMILES string of the molecule is CCOc1ccc(N(C(=O)c2ccccc2Cl)S(=O)(=O)c2ccccc2)cc1. The molecule has 0 unspecified atom stereocenters. The van der Waals surface area contributed by atoms with Crippen LogP contribution in [0, 0.1) is 0 Å². The van der Waals surface area contributed by atoms with E-state index in [0.717, 1.165) is 4.31 Å². The van der Waals surface area contributed by atoms with Crippen molar-refractivity contribution in [1.82, 2.24) is 0 Å². The largest absolute Gasteiger partial charge is 0.494 e. The lowest BCUT2D eigenvalue weighted by molar-refractivity contribution is 0.101. The first-order valence-corrected chi connectivity index (χ1v) is 10.4. The normalized spacial score (nSPS) is 11.1. The molecule has 3 rings (SSSR count). The lowest BCUT2D eigenvalue weighted by atomic mass is 10.2. The van der Waals surface area contributed by atoms with Crippen LogP contribution in [0.1, 0.15) is 17.3 Å². The van der Waals surface area contributed by atoms with Gasteiger partial charge in [0.1, 0.15) is 5.75 Å². The molecule has 0 bridgehead atoms. The fourth-order valence-corrected chi connectivity index (χ4v) is 4.30. The predicted octanol–water partition coefficient (Wildman–Crippen LogP) is 4.77. The topological polar surface area (TPSA) is 63.7 Å². The monoisotopic (exact) mass is 415 g/mol. The van der Waals surface area contributed by atoms with E-state index >= 15 is 0 Å². The molecule has 0 aromatic heterocycles. The van der Waals surface area contributed by atoms with Gasteiger partial charge in [-0.05, 0) is 55.5 Å². The van der Waals surface area contributed by atoms with Gasteiger partial charge < -0.3 is 4.74 Å². The van der Waals surface area contributed by atoms with E-state index in [2.05, 4.69) is 0 Å². The smallest absolute Gasteiger partial charge is 0.273 e. The van der Waals surface area contributed by atoms with Crippen molar-refractivity contribution in [1.29, 1.82) is 0 Å². The van der Waals surface area contributed by atoms with Gasteiger partial charge >= 0.3 is 0 Å². The van der Waals surface area contributed by atoms with Gasteiger partial charge in [-0.15, -0.1) is 0 Å². The lowest BCUT2D eigenvalue weighted by Crippen LogP contribution is -2.37. The van der Waals surface area contributed by atoms with Crippen LogP contribution in [-0.4, -0.2) is 20.9 Å². The molecule has 0 saturated carbocycles. The molecule has 144 valence electrons. The zero-order valence-electron chi connectivity index (χ0n) is 15.1. The molecule has 0 saturated heterocycles. The summed E-state index contributed by atoms with van der Waals surface area (Å²) in [7, 11) is -4.16. The first kappa shape index (κ1) is 19.9. The summed E-state index contributed by atoms with van der Waals surface area (Å²) in [5.74, 6) is -0.160. The Morgan fingerprint density at radius 2 is 1.54 bits per heavy atom. The van der Waals surface area contributed by atoms with Gasteiger partial charge in [0.05, 0.1) is 27.8 Å². The highest BCUT2D eigenvalue weighted by Crippen LogP contribution is 2.29. The number of nitrogens with zero attached hydrogens (tertiary/aromatic N) is 1. The van der Waals surface area contributed by atoms with Gasteiger partial charge in [0.15, 0.2) is 0 Å². The Bertz CT molecular complexity index is 1070. The Balaban J connectivity index is 2.14. The number of benzene rings is 3. The average molecular weight is 416 g/mol. The van der Waals surface area contributed by atoms with Gasteiger partial charge in [0.2, 0.25) is 0 Å². The molecule has 0 aliphatic rings. The molecule has 3 aromatic carbocycles. The summed E-state index contributed by atoms with van der Waals surface area (Å²) in [5.41, 5.74) is 0.287. The van der Waals surface area contributed by atoms with Crippen LogP contribution >= 0.6 is 11.6 Å². The zero-order valence-corrected chi connectivity index (χ0v) is 16.7. The minimum absolute atomic E-state index is 0.00397. The van der Waals surface area contributed by atoms with E-state index in [4.69, 9.17) is 16.3 Å². The summed E-state index contributed by atoms with van der Waals surface area (Å²) in [6.07, 6.45) is 0. The Morgan fingerprint density at radius 3 is 2.14 bits per heavy atom. The Kier molecular flexibility index (Phi) is 6.02. The zero-order chi connectivity index (χ0) is 20.1. The van der Waals surface area contributed by atoms with E-state index in [1.807, 2.05) is 6.92 Å². The standard InChI is InChI=1S/C21H18ClNO4S/c1-2-27-17-14-12-16(13-15-17)23(21(24)19-10-6-7-11-20(19)22)28(25,26)18-8-4-3-5-9-18/h3-15H,2H2,1H3. The molecule has 0 radical (unpaired) electrons. The maximum absolute atomic E-state index is 13.3. The summed E-state index contributed by atoms with van der Waals surface area (Å²) in [5, 5.41) is 0.173. The number of hydrogen-bond acceptors (Lipinski definition) is 4. The molecular weight excluding hydrogens is 398 g/mol. The van der Waals surface area contributed by atoms with Crippen LogP contribution in [0.15, 0.2) is 83.8 Å². The van der Waals surface area contributed by atoms with E-state index in [0.29, 0.717) is 12.4 Å². The number of hydrogen-bond donors (Lipinski definition) is 0.